The van der Waals surface area contributed by atoms with Crippen molar-refractivity contribution in [3.05, 3.63) is 87.3 Å². The van der Waals surface area contributed by atoms with Crippen molar-refractivity contribution in [3.63, 3.8) is 0 Å². The second-order valence-corrected chi connectivity index (χ2v) is 9.10. The van der Waals surface area contributed by atoms with E-state index in [0.29, 0.717) is 6.20 Å². The third kappa shape index (κ3) is 6.12. The van der Waals surface area contributed by atoms with Crippen LogP contribution in [0.4, 0.5) is 23.2 Å². The molecule has 0 spiro atoms. The second-order valence-electron chi connectivity index (χ2n) is 8.67. The molecule has 0 fully saturated rings. The van der Waals surface area contributed by atoms with Crippen molar-refractivity contribution in [1.29, 1.82) is 0 Å². The van der Waals surface area contributed by atoms with Crippen molar-refractivity contribution < 1.29 is 40.1 Å². The van der Waals surface area contributed by atoms with Gasteiger partial charge in [0, 0.05) is 39.0 Å². The normalized spacial score (nSPS) is 14.8. The van der Waals surface area contributed by atoms with Gasteiger partial charge in [-0.25, -0.2) is 9.07 Å². The Morgan fingerprint density at radius 2 is 1.93 bits per heavy atom. The third-order valence-corrected chi connectivity index (χ3v) is 6.29. The maximum absolute atomic E-state index is 14.7. The summed E-state index contributed by atoms with van der Waals surface area (Å²) in [6.45, 7) is -1.37. The number of amides is 2. The molecule has 0 aliphatic heterocycles. The molecule has 2 heterocycles. The van der Waals surface area contributed by atoms with Crippen molar-refractivity contribution in [2.24, 2.45) is 0 Å². The Labute approximate surface area is 249 Å². The van der Waals surface area contributed by atoms with Crippen molar-refractivity contribution in [3.8, 4) is 22.6 Å². The molecule has 0 saturated heterocycles. The number of methoxy groups -OCH3 is 1. The fraction of sp³-hybridized carbons (Fsp3) is 0.222. The maximum atomic E-state index is 14.7. The van der Waals surface area contributed by atoms with Gasteiger partial charge >= 0.3 is 6.18 Å². The van der Waals surface area contributed by atoms with Gasteiger partial charge in [0.05, 0.1) is 34.8 Å². The van der Waals surface area contributed by atoms with Crippen LogP contribution in [0, 0.1) is 5.82 Å². The van der Waals surface area contributed by atoms with Gasteiger partial charge in [-0.2, -0.15) is 13.2 Å². The summed E-state index contributed by atoms with van der Waals surface area (Å²) >= 11 is 6.16. The zero-order chi connectivity index (χ0) is 35.8. The molecule has 0 unspecified atom stereocenters. The zero-order valence-electron chi connectivity index (χ0n) is 27.3. The first-order valence-electron chi connectivity index (χ1n) is 14.8. The van der Waals surface area contributed by atoms with Crippen LogP contribution in [0.5, 0.6) is 5.75 Å². The highest BCUT2D eigenvalue weighted by Crippen LogP contribution is 2.36. The van der Waals surface area contributed by atoms with Crippen LogP contribution in [0.25, 0.3) is 16.8 Å². The maximum Gasteiger partial charge on any atom is 0.436 e. The molecule has 4 aromatic rings. The summed E-state index contributed by atoms with van der Waals surface area (Å²) in [5.74, 6) is -3.75. The van der Waals surface area contributed by atoms with Gasteiger partial charge in [0.25, 0.3) is 11.5 Å². The predicted octanol–water partition coefficient (Wildman–Crippen LogP) is 4.87. The number of ether oxygens (including phenoxy) is 1. The molecule has 2 amide bonds. The molecule has 4 rings (SSSR count). The Hall–Kier alpha value is -4.72. The summed E-state index contributed by atoms with van der Waals surface area (Å²) in [5, 5.41) is 10.7. The molecule has 0 aliphatic rings. The quantitative estimate of drug-likeness (QED) is 0.274. The molecule has 0 bridgehead atoms. The highest BCUT2D eigenvalue weighted by molar-refractivity contribution is 6.31. The molecule has 2 aromatic carbocycles. The Bertz CT molecular complexity index is 1930. The van der Waals surface area contributed by atoms with Gasteiger partial charge < -0.3 is 15.4 Å². The monoisotopic (exact) mass is 612 g/mol. The summed E-state index contributed by atoms with van der Waals surface area (Å²) < 4.78 is 105. The molecular weight excluding hydrogens is 584 g/mol. The van der Waals surface area contributed by atoms with Crippen molar-refractivity contribution in [2.75, 3.05) is 19.3 Å². The van der Waals surface area contributed by atoms with E-state index in [-0.39, 0.29) is 33.9 Å². The standard InChI is InChI=1S/C27H23ClF4N6O4/c1-4-20(26(41)34-15-6-7-16(19(29)10-15)25(40)33-2)37-12-22(42-3)18(11-24(37)39)17-9-14(28)5-8-21(17)38-13-23(35-36-38)27(30,31)32/h5-13,20H,4H2,1-3H3,(H,33,40)(H,34,41)/t20-/m0/s1/i2D3,3D3. The first-order chi connectivity index (χ1) is 22.2. The predicted molar refractivity (Wildman–Crippen MR) is 145 cm³/mol. The van der Waals surface area contributed by atoms with Crippen LogP contribution in [-0.4, -0.2) is 45.4 Å². The van der Waals surface area contributed by atoms with Crippen molar-refractivity contribution in [2.45, 2.75) is 25.6 Å². The summed E-state index contributed by atoms with van der Waals surface area (Å²) in [5.41, 5.74) is -3.37. The number of benzene rings is 2. The van der Waals surface area contributed by atoms with Gasteiger partial charge in [0.2, 0.25) is 5.91 Å². The van der Waals surface area contributed by atoms with Crippen LogP contribution in [0.3, 0.4) is 0 Å². The molecule has 2 aromatic heterocycles. The highest BCUT2D eigenvalue weighted by Gasteiger charge is 2.35. The van der Waals surface area contributed by atoms with E-state index in [1.54, 1.807) is 5.32 Å². The van der Waals surface area contributed by atoms with Gasteiger partial charge in [0.15, 0.2) is 5.69 Å². The number of anilines is 1. The lowest BCUT2D eigenvalue weighted by Crippen LogP contribution is -2.32. The second kappa shape index (κ2) is 12.0. The third-order valence-electron chi connectivity index (χ3n) is 6.05. The minimum atomic E-state index is -4.83. The minimum absolute atomic E-state index is 0.0499. The number of rotatable bonds is 8. The number of nitrogens with one attached hydrogen (secondary N) is 2. The zero-order valence-corrected chi connectivity index (χ0v) is 22.0. The first kappa shape index (κ1) is 22.9. The molecule has 0 aliphatic carbocycles. The molecule has 220 valence electrons. The van der Waals surface area contributed by atoms with E-state index >= 15 is 0 Å². The molecule has 42 heavy (non-hydrogen) atoms. The Balaban J connectivity index is 1.75. The number of hydrogen-bond donors (Lipinski definition) is 2. The first-order valence-corrected chi connectivity index (χ1v) is 12.2. The number of nitrogens with zero attached hydrogens (tertiary/aromatic N) is 4. The van der Waals surface area contributed by atoms with Crippen LogP contribution < -0.4 is 20.9 Å². The van der Waals surface area contributed by atoms with Crippen molar-refractivity contribution >= 4 is 29.1 Å². The molecular formula is C27H23ClF4N6O4. The molecule has 10 nitrogen and oxygen atoms in total. The topological polar surface area (TPSA) is 120 Å². The van der Waals surface area contributed by atoms with E-state index in [1.165, 1.54) is 25.1 Å². The lowest BCUT2D eigenvalue weighted by molar-refractivity contribution is -0.141. The smallest absolute Gasteiger partial charge is 0.436 e. The van der Waals surface area contributed by atoms with Crippen molar-refractivity contribution in [1.82, 2.24) is 24.9 Å². The van der Waals surface area contributed by atoms with Gasteiger partial charge in [-0.1, -0.05) is 23.7 Å². The SMILES string of the molecule is [2H]C([2H])([2H])NC(=O)c1ccc(NC(=O)[C@H](CC)n2cc(OC([2H])([2H])[2H])c(-c3cc(Cl)ccc3-n3cc(C(F)(F)F)nn3)cc2=O)cc1F. The molecule has 0 saturated carbocycles. The minimum Gasteiger partial charge on any atom is -0.495 e. The summed E-state index contributed by atoms with van der Waals surface area (Å²) in [4.78, 5) is 38.8. The Morgan fingerprint density at radius 3 is 2.57 bits per heavy atom. The van der Waals surface area contributed by atoms with E-state index in [4.69, 9.17) is 24.6 Å². The lowest BCUT2D eigenvalue weighted by atomic mass is 10.0. The van der Waals surface area contributed by atoms with E-state index < -0.39 is 66.4 Å². The van der Waals surface area contributed by atoms with Gasteiger partial charge in [-0.05, 0) is 42.8 Å². The van der Waals surface area contributed by atoms with Gasteiger partial charge in [0.1, 0.15) is 17.6 Å². The summed E-state index contributed by atoms with van der Waals surface area (Å²) in [7, 11) is -3.11. The number of halogens is 5. The average Bonchev–Trinajstić information content (AvgIpc) is 3.44. The summed E-state index contributed by atoms with van der Waals surface area (Å²) in [6.07, 6.45) is -3.40. The number of pyridine rings is 1. The number of aromatic nitrogens is 4. The number of carbonyl (C=O) groups is 2. The Morgan fingerprint density at radius 1 is 1.14 bits per heavy atom. The Kier molecular flexibility index (Phi) is 6.56. The van der Waals surface area contributed by atoms with Crippen LogP contribution >= 0.6 is 11.6 Å². The lowest BCUT2D eigenvalue weighted by Gasteiger charge is -2.21. The largest absolute Gasteiger partial charge is 0.495 e. The van der Waals surface area contributed by atoms with Crippen LogP contribution in [-0.2, 0) is 11.0 Å². The number of alkyl halides is 3. The highest BCUT2D eigenvalue weighted by atomic mass is 35.5. The fourth-order valence-corrected chi connectivity index (χ4v) is 4.25. The van der Waals surface area contributed by atoms with Gasteiger partial charge in [-0.15, -0.1) is 5.10 Å². The van der Waals surface area contributed by atoms with E-state index in [0.717, 1.165) is 39.7 Å². The van der Waals surface area contributed by atoms with Crippen LogP contribution in [0.15, 0.2) is 59.7 Å². The fourth-order valence-electron chi connectivity index (χ4n) is 4.08. The van der Waals surface area contributed by atoms with Crippen LogP contribution in [0.1, 0.15) is 43.7 Å². The molecule has 2 N–H and O–H groups in total. The van der Waals surface area contributed by atoms with Gasteiger partial charge in [-0.3, -0.25) is 19.0 Å². The molecule has 1 atom stereocenters. The van der Waals surface area contributed by atoms with Crippen LogP contribution in [0.2, 0.25) is 5.02 Å². The van der Waals surface area contributed by atoms with E-state index in [1.807, 2.05) is 0 Å². The van der Waals surface area contributed by atoms with E-state index in [2.05, 4.69) is 15.6 Å². The van der Waals surface area contributed by atoms with E-state index in [9.17, 15) is 31.9 Å². The average molecular weight is 613 g/mol. The summed E-state index contributed by atoms with van der Waals surface area (Å²) in [6, 6.07) is 6.16. The number of hydrogen-bond acceptors (Lipinski definition) is 6. The number of carbonyl (C=O) groups excluding carboxylic acids is 2. The molecule has 0 radical (unpaired) electrons. The molecule has 15 heteroatoms.